The topological polar surface area (TPSA) is 54.9 Å². The highest BCUT2D eigenvalue weighted by Crippen LogP contribution is 2.27. The van der Waals surface area contributed by atoms with Crippen molar-refractivity contribution in [1.82, 2.24) is 10.2 Å². The summed E-state index contributed by atoms with van der Waals surface area (Å²) in [5.74, 6) is 0.274. The Morgan fingerprint density at radius 1 is 1.45 bits per heavy atom. The second-order valence-electron chi connectivity index (χ2n) is 3.73. The first-order valence-electron chi connectivity index (χ1n) is 5.79. The molecule has 0 saturated carbocycles. The van der Waals surface area contributed by atoms with Crippen LogP contribution < -0.4 is 5.32 Å². The van der Waals surface area contributed by atoms with E-state index in [0.29, 0.717) is 22.9 Å². The zero-order chi connectivity index (χ0) is 14.4. The van der Waals surface area contributed by atoms with Crippen molar-refractivity contribution in [3.63, 3.8) is 0 Å². The number of nitrogens with one attached hydrogen (secondary N) is 1. The Morgan fingerprint density at radius 2 is 2.25 bits per heavy atom. The van der Waals surface area contributed by atoms with Gasteiger partial charge in [0.05, 0.1) is 10.8 Å². The fourth-order valence-electron chi connectivity index (χ4n) is 1.39. The van der Waals surface area contributed by atoms with Crippen molar-refractivity contribution in [2.75, 3.05) is 17.6 Å². The van der Waals surface area contributed by atoms with Gasteiger partial charge in [0.15, 0.2) is 10.1 Å². The zero-order valence-corrected chi connectivity index (χ0v) is 12.9. The summed E-state index contributed by atoms with van der Waals surface area (Å²) in [6.45, 7) is 4.25. The van der Waals surface area contributed by atoms with E-state index < -0.39 is 0 Å². The minimum atomic E-state index is -0.0172. The predicted molar refractivity (Wildman–Crippen MR) is 85.1 cm³/mol. The van der Waals surface area contributed by atoms with Crippen molar-refractivity contribution in [2.24, 2.45) is 0 Å². The smallest absolute Gasteiger partial charge is 0.206 e. The van der Waals surface area contributed by atoms with E-state index in [9.17, 15) is 4.79 Å². The number of carbonyl (C=O) groups excluding carboxylic acids is 1. The Kier molecular flexibility index (Phi) is 5.58. The molecular weight excluding hydrogens is 314 g/mol. The molecule has 2 rings (SSSR count). The lowest BCUT2D eigenvalue weighted by Gasteiger charge is -2.01. The first-order valence-corrected chi connectivity index (χ1v) is 7.97. The van der Waals surface area contributed by atoms with Crippen molar-refractivity contribution in [2.45, 2.75) is 4.34 Å². The first kappa shape index (κ1) is 15.0. The van der Waals surface area contributed by atoms with Crippen LogP contribution in [0, 0.1) is 0 Å². The number of hydrogen-bond acceptors (Lipinski definition) is 6. The maximum Gasteiger partial charge on any atom is 0.206 e. The average Bonchev–Trinajstić information content (AvgIpc) is 2.91. The lowest BCUT2D eigenvalue weighted by Crippen LogP contribution is -2.02. The van der Waals surface area contributed by atoms with Gasteiger partial charge in [-0.2, -0.15) is 0 Å². The molecule has 0 aliphatic rings. The molecule has 0 radical (unpaired) electrons. The average molecular weight is 326 g/mol. The standard InChI is InChI=1S/C13H12ClN3OS2/c1-2-7-15-12-16-17-13(20-12)19-8-11(18)9-5-3-4-6-10(9)14/h2-6H,1,7-8H2,(H,15,16). The van der Waals surface area contributed by atoms with Gasteiger partial charge in [-0.3, -0.25) is 4.79 Å². The van der Waals surface area contributed by atoms with Crippen molar-refractivity contribution in [3.05, 3.63) is 47.5 Å². The minimum absolute atomic E-state index is 0.0172. The SMILES string of the molecule is C=CCNc1nnc(SCC(=O)c2ccccc2Cl)s1. The van der Waals surface area contributed by atoms with Gasteiger partial charge in [-0.05, 0) is 12.1 Å². The Bertz CT molecular complexity index is 615. The van der Waals surface area contributed by atoms with Gasteiger partial charge in [0, 0.05) is 12.1 Å². The third-order valence-electron chi connectivity index (χ3n) is 2.31. The highest BCUT2D eigenvalue weighted by atomic mass is 35.5. The number of halogens is 1. The molecule has 0 spiro atoms. The van der Waals surface area contributed by atoms with Gasteiger partial charge in [-0.1, -0.05) is 52.9 Å². The van der Waals surface area contributed by atoms with Crippen LogP contribution in [0.1, 0.15) is 10.4 Å². The number of anilines is 1. The number of thioether (sulfide) groups is 1. The van der Waals surface area contributed by atoms with E-state index in [4.69, 9.17) is 11.6 Å². The van der Waals surface area contributed by atoms with Gasteiger partial charge in [-0.15, -0.1) is 16.8 Å². The summed E-state index contributed by atoms with van der Waals surface area (Å²) in [5.41, 5.74) is 0.538. The van der Waals surface area contributed by atoms with E-state index in [2.05, 4.69) is 22.1 Å². The molecule has 1 aromatic heterocycles. The molecule has 104 valence electrons. The van der Waals surface area contributed by atoms with Crippen LogP contribution in [-0.2, 0) is 0 Å². The fraction of sp³-hybridized carbons (Fsp3) is 0.154. The van der Waals surface area contributed by atoms with Crippen LogP contribution in [0.4, 0.5) is 5.13 Å². The van der Waals surface area contributed by atoms with Crippen LogP contribution in [0.3, 0.4) is 0 Å². The van der Waals surface area contributed by atoms with Gasteiger partial charge in [0.1, 0.15) is 0 Å². The normalized spacial score (nSPS) is 10.2. The summed E-state index contributed by atoms with van der Waals surface area (Å²) in [6.07, 6.45) is 1.75. The number of rotatable bonds is 7. The largest absolute Gasteiger partial charge is 0.357 e. The van der Waals surface area contributed by atoms with E-state index in [-0.39, 0.29) is 5.78 Å². The predicted octanol–water partition coefficient (Wildman–Crippen LogP) is 3.76. The molecule has 1 N–H and O–H groups in total. The van der Waals surface area contributed by atoms with E-state index in [1.165, 1.54) is 23.1 Å². The number of ketones is 1. The van der Waals surface area contributed by atoms with Gasteiger partial charge < -0.3 is 5.32 Å². The van der Waals surface area contributed by atoms with Gasteiger partial charge in [-0.25, -0.2) is 0 Å². The first-order chi connectivity index (χ1) is 9.70. The molecule has 4 nitrogen and oxygen atoms in total. The molecule has 0 aliphatic carbocycles. The summed E-state index contributed by atoms with van der Waals surface area (Å²) in [5, 5.41) is 12.2. The Morgan fingerprint density at radius 3 is 3.00 bits per heavy atom. The molecule has 0 bridgehead atoms. The van der Waals surface area contributed by atoms with Crippen LogP contribution in [0.25, 0.3) is 0 Å². The minimum Gasteiger partial charge on any atom is -0.357 e. The lowest BCUT2D eigenvalue weighted by molar-refractivity contribution is 0.102. The van der Waals surface area contributed by atoms with Crippen LogP contribution >= 0.6 is 34.7 Å². The number of aromatic nitrogens is 2. The quantitative estimate of drug-likeness (QED) is 0.477. The molecule has 0 unspecified atom stereocenters. The monoisotopic (exact) mass is 325 g/mol. The van der Waals surface area contributed by atoms with Crippen LogP contribution in [0.15, 0.2) is 41.3 Å². The van der Waals surface area contributed by atoms with Gasteiger partial charge in [0.2, 0.25) is 5.13 Å². The molecule has 20 heavy (non-hydrogen) atoms. The van der Waals surface area contributed by atoms with E-state index in [1.54, 1.807) is 30.3 Å². The molecule has 2 aromatic rings. The molecule has 0 saturated heterocycles. The van der Waals surface area contributed by atoms with E-state index >= 15 is 0 Å². The van der Waals surface area contributed by atoms with Crippen molar-refractivity contribution < 1.29 is 4.79 Å². The number of benzene rings is 1. The van der Waals surface area contributed by atoms with Crippen molar-refractivity contribution in [3.8, 4) is 0 Å². The van der Waals surface area contributed by atoms with Gasteiger partial charge in [0.25, 0.3) is 0 Å². The van der Waals surface area contributed by atoms with Crippen molar-refractivity contribution in [1.29, 1.82) is 0 Å². The van der Waals surface area contributed by atoms with E-state index in [1.807, 2.05) is 0 Å². The third kappa shape index (κ3) is 4.06. The summed E-state index contributed by atoms with van der Waals surface area (Å²) in [7, 11) is 0. The Hall–Kier alpha value is -1.37. The molecule has 0 atom stereocenters. The molecule has 1 aromatic carbocycles. The Labute approximate surface area is 130 Å². The van der Waals surface area contributed by atoms with Crippen LogP contribution in [0.2, 0.25) is 5.02 Å². The summed E-state index contributed by atoms with van der Waals surface area (Å²) < 4.78 is 0.747. The highest BCUT2D eigenvalue weighted by Gasteiger charge is 2.12. The van der Waals surface area contributed by atoms with E-state index in [0.717, 1.165) is 9.47 Å². The summed E-state index contributed by atoms with van der Waals surface area (Å²) in [6, 6.07) is 7.03. The zero-order valence-electron chi connectivity index (χ0n) is 10.5. The third-order valence-corrected chi connectivity index (χ3v) is 4.65. The maximum atomic E-state index is 12.0. The molecule has 1 heterocycles. The number of nitrogens with zero attached hydrogens (tertiary/aromatic N) is 2. The van der Waals surface area contributed by atoms with Crippen LogP contribution in [-0.4, -0.2) is 28.3 Å². The van der Waals surface area contributed by atoms with Crippen molar-refractivity contribution >= 4 is 45.6 Å². The summed E-state index contributed by atoms with van der Waals surface area (Å²) in [4.78, 5) is 12.0. The maximum absolute atomic E-state index is 12.0. The summed E-state index contributed by atoms with van der Waals surface area (Å²) >= 11 is 8.76. The molecule has 0 fully saturated rings. The highest BCUT2D eigenvalue weighted by molar-refractivity contribution is 8.01. The van der Waals surface area contributed by atoms with Crippen LogP contribution in [0.5, 0.6) is 0 Å². The fourth-order valence-corrected chi connectivity index (χ4v) is 3.27. The lowest BCUT2D eigenvalue weighted by atomic mass is 10.1. The molecular formula is C13H12ClN3OS2. The number of hydrogen-bond donors (Lipinski definition) is 1. The molecule has 0 amide bonds. The molecule has 0 aliphatic heterocycles. The van der Waals surface area contributed by atoms with Gasteiger partial charge >= 0.3 is 0 Å². The number of carbonyl (C=O) groups is 1. The second kappa shape index (κ2) is 7.42. The number of Topliss-reactive ketones (excluding diaryl/α,β-unsaturated/α-hetero) is 1. The Balaban J connectivity index is 1.92. The molecule has 7 heteroatoms. The second-order valence-corrected chi connectivity index (χ2v) is 6.34.